The van der Waals surface area contributed by atoms with Gasteiger partial charge in [-0.2, -0.15) is 0 Å². The molecule has 176 valence electrons. The van der Waals surface area contributed by atoms with E-state index in [0.29, 0.717) is 19.3 Å². The van der Waals surface area contributed by atoms with Crippen LogP contribution < -0.4 is 0 Å². The minimum absolute atomic E-state index is 0.0788. The Morgan fingerprint density at radius 1 is 0.844 bits per heavy atom. The van der Waals surface area contributed by atoms with E-state index in [1.807, 2.05) is 55.5 Å². The van der Waals surface area contributed by atoms with E-state index in [0.717, 1.165) is 31.2 Å². The molecule has 2 aromatic carbocycles. The van der Waals surface area contributed by atoms with E-state index in [2.05, 4.69) is 23.9 Å². The lowest BCUT2D eigenvalue weighted by molar-refractivity contribution is -0.245. The second-order valence-electron chi connectivity index (χ2n) is 9.45. The van der Waals surface area contributed by atoms with Crippen molar-refractivity contribution >= 4 is 5.97 Å². The molecule has 2 rings (SSSR count). The highest BCUT2D eigenvalue weighted by molar-refractivity contribution is 5.69. The average molecular weight is 443 g/mol. The Morgan fingerprint density at radius 3 is 1.78 bits per heavy atom. The Morgan fingerprint density at radius 2 is 1.31 bits per heavy atom. The third-order valence-corrected chi connectivity index (χ3v) is 6.76. The highest BCUT2D eigenvalue weighted by atomic mass is 17.1. The number of carboxylic acid groups (broad SMARTS) is 1. The summed E-state index contributed by atoms with van der Waals surface area (Å²) in [6.45, 7) is 4.44. The van der Waals surface area contributed by atoms with Crippen LogP contribution in [0.4, 0.5) is 0 Å². The molecule has 0 fully saturated rings. The third-order valence-electron chi connectivity index (χ3n) is 6.76. The second kappa shape index (κ2) is 12.7. The number of carbonyl (C=O) groups is 1. The second-order valence-corrected chi connectivity index (χ2v) is 9.45. The zero-order valence-electron chi connectivity index (χ0n) is 19.4. The molecule has 0 aliphatic carbocycles. The molecular weight excluding hydrogens is 404 g/mol. The van der Waals surface area contributed by atoms with E-state index in [-0.39, 0.29) is 18.4 Å². The average Bonchev–Trinajstić information content (AvgIpc) is 2.78. The molecule has 0 aliphatic heterocycles. The van der Waals surface area contributed by atoms with Gasteiger partial charge in [-0.15, -0.1) is 0 Å². The SMILES string of the molecule is CC(CCCC(O)CCCC(C)(CC(=O)O)c1ccccc1)(CCOO)c1ccccc1. The molecule has 0 spiro atoms. The van der Waals surface area contributed by atoms with Gasteiger partial charge in [-0.3, -0.25) is 10.1 Å². The Bertz CT molecular complexity index is 794. The molecule has 0 aliphatic rings. The normalized spacial score (nSPS) is 16.1. The van der Waals surface area contributed by atoms with Crippen molar-refractivity contribution in [2.45, 2.75) is 82.1 Å². The van der Waals surface area contributed by atoms with Crippen molar-refractivity contribution in [2.75, 3.05) is 6.61 Å². The lowest BCUT2D eigenvalue weighted by atomic mass is 9.74. The Labute approximate surface area is 192 Å². The Kier molecular flexibility index (Phi) is 10.4. The number of aliphatic hydroxyl groups is 1. The zero-order valence-corrected chi connectivity index (χ0v) is 19.4. The van der Waals surface area contributed by atoms with Gasteiger partial charge in [0.15, 0.2) is 0 Å². The van der Waals surface area contributed by atoms with Crippen LogP contribution in [0.1, 0.15) is 76.3 Å². The molecule has 3 atom stereocenters. The molecule has 0 bridgehead atoms. The molecule has 3 unspecified atom stereocenters. The van der Waals surface area contributed by atoms with Crippen molar-refractivity contribution in [2.24, 2.45) is 0 Å². The first-order chi connectivity index (χ1) is 15.3. The molecule has 0 heterocycles. The quantitative estimate of drug-likeness (QED) is 0.234. The molecule has 0 radical (unpaired) electrons. The monoisotopic (exact) mass is 442 g/mol. The summed E-state index contributed by atoms with van der Waals surface area (Å²) in [6, 6.07) is 20.0. The van der Waals surface area contributed by atoms with Gasteiger partial charge in [-0.1, -0.05) is 80.9 Å². The van der Waals surface area contributed by atoms with Crippen molar-refractivity contribution in [1.29, 1.82) is 0 Å². The van der Waals surface area contributed by atoms with Crippen LogP contribution in [-0.2, 0) is 20.5 Å². The van der Waals surface area contributed by atoms with Crippen molar-refractivity contribution < 1.29 is 25.2 Å². The van der Waals surface area contributed by atoms with E-state index in [9.17, 15) is 15.0 Å². The molecule has 3 N–H and O–H groups in total. The van der Waals surface area contributed by atoms with Crippen LogP contribution in [-0.4, -0.2) is 34.2 Å². The fraction of sp³-hybridized carbons (Fsp3) is 0.519. The first kappa shape index (κ1) is 26.0. The number of aliphatic carboxylic acids is 1. The summed E-state index contributed by atoms with van der Waals surface area (Å²) in [6.07, 6.45) is 4.97. The van der Waals surface area contributed by atoms with E-state index in [1.54, 1.807) is 0 Å². The molecular formula is C27H38O5. The standard InChI is InChI=1S/C27H38O5/c1-26(19-20-32-31,22-11-5-3-6-12-22)17-9-15-24(28)16-10-18-27(2,21-25(29)30)23-13-7-4-8-14-23/h3-8,11-14,24,28,31H,9-10,15-21H2,1-2H3,(H,29,30). The summed E-state index contributed by atoms with van der Waals surface area (Å²) in [5.41, 5.74) is 1.67. The molecule has 32 heavy (non-hydrogen) atoms. The van der Waals surface area contributed by atoms with Crippen LogP contribution >= 0.6 is 0 Å². The number of rotatable bonds is 15. The van der Waals surface area contributed by atoms with E-state index < -0.39 is 17.5 Å². The lowest BCUT2D eigenvalue weighted by Gasteiger charge is -2.31. The molecule has 0 aromatic heterocycles. The minimum atomic E-state index is -0.802. The molecule has 0 saturated carbocycles. The van der Waals surface area contributed by atoms with Crippen LogP contribution in [0.2, 0.25) is 0 Å². The van der Waals surface area contributed by atoms with Crippen LogP contribution in [0.5, 0.6) is 0 Å². The lowest BCUT2D eigenvalue weighted by Crippen LogP contribution is -2.26. The first-order valence-electron chi connectivity index (χ1n) is 11.6. The summed E-state index contributed by atoms with van der Waals surface area (Å²) >= 11 is 0. The maximum absolute atomic E-state index is 11.4. The van der Waals surface area contributed by atoms with Gasteiger partial charge in [-0.25, -0.2) is 4.89 Å². The van der Waals surface area contributed by atoms with Gasteiger partial charge in [-0.05, 0) is 55.1 Å². The molecule has 2 aromatic rings. The highest BCUT2D eigenvalue weighted by Crippen LogP contribution is 2.35. The molecule has 0 amide bonds. The maximum atomic E-state index is 11.4. The fourth-order valence-electron chi connectivity index (χ4n) is 4.63. The van der Waals surface area contributed by atoms with E-state index in [1.165, 1.54) is 5.56 Å². The number of aliphatic hydroxyl groups excluding tert-OH is 1. The summed E-state index contributed by atoms with van der Waals surface area (Å²) in [7, 11) is 0. The van der Waals surface area contributed by atoms with E-state index >= 15 is 0 Å². The van der Waals surface area contributed by atoms with Gasteiger partial charge < -0.3 is 10.2 Å². The van der Waals surface area contributed by atoms with Crippen LogP contribution in [0, 0.1) is 0 Å². The van der Waals surface area contributed by atoms with Gasteiger partial charge in [0, 0.05) is 5.41 Å². The third kappa shape index (κ3) is 8.05. The Hall–Kier alpha value is -2.21. The number of benzene rings is 2. The summed E-state index contributed by atoms with van der Waals surface area (Å²) < 4.78 is 0. The van der Waals surface area contributed by atoms with Crippen LogP contribution in [0.3, 0.4) is 0 Å². The summed E-state index contributed by atoms with van der Waals surface area (Å²) in [4.78, 5) is 15.8. The van der Waals surface area contributed by atoms with E-state index in [4.69, 9.17) is 5.26 Å². The van der Waals surface area contributed by atoms with Crippen molar-refractivity contribution in [3.05, 3.63) is 71.8 Å². The van der Waals surface area contributed by atoms with Crippen LogP contribution in [0.15, 0.2) is 60.7 Å². The number of carboxylic acids is 1. The van der Waals surface area contributed by atoms with Crippen molar-refractivity contribution in [3.8, 4) is 0 Å². The van der Waals surface area contributed by atoms with Crippen molar-refractivity contribution in [1.82, 2.24) is 0 Å². The van der Waals surface area contributed by atoms with Crippen LogP contribution in [0.25, 0.3) is 0 Å². The zero-order chi connectivity index (χ0) is 23.5. The molecule has 5 heteroatoms. The number of hydrogen-bond acceptors (Lipinski definition) is 4. The van der Waals surface area contributed by atoms with Gasteiger partial charge in [0.25, 0.3) is 0 Å². The molecule has 0 saturated heterocycles. The molecule has 5 nitrogen and oxygen atoms in total. The minimum Gasteiger partial charge on any atom is -0.481 e. The van der Waals surface area contributed by atoms with Gasteiger partial charge >= 0.3 is 5.97 Å². The summed E-state index contributed by atoms with van der Waals surface area (Å²) in [5, 5.41) is 28.8. The predicted octanol–water partition coefficient (Wildman–Crippen LogP) is 5.96. The number of hydrogen-bond donors (Lipinski definition) is 3. The highest BCUT2D eigenvalue weighted by Gasteiger charge is 2.30. The van der Waals surface area contributed by atoms with Gasteiger partial charge in [0.1, 0.15) is 0 Å². The van der Waals surface area contributed by atoms with Crippen molar-refractivity contribution in [3.63, 3.8) is 0 Å². The predicted molar refractivity (Wildman–Crippen MR) is 127 cm³/mol. The maximum Gasteiger partial charge on any atom is 0.304 e. The largest absolute Gasteiger partial charge is 0.481 e. The van der Waals surface area contributed by atoms with Gasteiger partial charge in [0.05, 0.1) is 19.1 Å². The Balaban J connectivity index is 1.86. The first-order valence-corrected chi connectivity index (χ1v) is 11.6. The topological polar surface area (TPSA) is 87.0 Å². The smallest absolute Gasteiger partial charge is 0.304 e. The fourth-order valence-corrected chi connectivity index (χ4v) is 4.63. The summed E-state index contributed by atoms with van der Waals surface area (Å²) in [5.74, 6) is -0.802. The van der Waals surface area contributed by atoms with Gasteiger partial charge in [0.2, 0.25) is 0 Å².